The molecule has 0 atom stereocenters. The number of amides is 2. The van der Waals surface area contributed by atoms with Gasteiger partial charge >= 0.3 is 0 Å². The third kappa shape index (κ3) is 6.66. The van der Waals surface area contributed by atoms with Gasteiger partial charge < -0.3 is 5.32 Å². The number of anilines is 1. The van der Waals surface area contributed by atoms with Crippen LogP contribution in [0, 0.1) is 0 Å². The summed E-state index contributed by atoms with van der Waals surface area (Å²) in [5.74, 6) is -0.407. The standard InChI is InChI=1S/C21H23Cl2N3O2/c1-3-4-5-6-20(27)26-25-14(2)15-7-10-17(11-8-15)24-21(28)18-12-9-16(22)13-19(18)23/h7-13H,3-6H2,1-2H3,(H,24,28)(H,26,27)/b25-14-. The number of carbonyl (C=O) groups is 2. The molecule has 0 unspecified atom stereocenters. The van der Waals surface area contributed by atoms with Crippen molar-refractivity contribution in [2.24, 2.45) is 5.10 Å². The van der Waals surface area contributed by atoms with E-state index in [0.717, 1.165) is 24.8 Å². The Kier molecular flexibility index (Phi) is 8.48. The molecular weight excluding hydrogens is 397 g/mol. The van der Waals surface area contributed by atoms with E-state index in [1.165, 1.54) is 6.07 Å². The molecule has 0 heterocycles. The Hall–Kier alpha value is -2.37. The lowest BCUT2D eigenvalue weighted by atomic mass is 10.1. The molecule has 5 nitrogen and oxygen atoms in total. The van der Waals surface area contributed by atoms with Crippen molar-refractivity contribution in [2.75, 3.05) is 5.32 Å². The quantitative estimate of drug-likeness (QED) is 0.328. The molecule has 0 radical (unpaired) electrons. The first-order chi connectivity index (χ1) is 13.4. The van der Waals surface area contributed by atoms with Crippen LogP contribution in [0.1, 0.15) is 55.5 Å². The second kappa shape index (κ2) is 10.8. The summed E-state index contributed by atoms with van der Waals surface area (Å²) in [7, 11) is 0. The largest absolute Gasteiger partial charge is 0.322 e. The normalized spacial score (nSPS) is 11.2. The van der Waals surface area contributed by atoms with Gasteiger partial charge in [-0.25, -0.2) is 5.43 Å². The Balaban J connectivity index is 1.95. The van der Waals surface area contributed by atoms with E-state index in [4.69, 9.17) is 23.2 Å². The lowest BCUT2D eigenvalue weighted by Gasteiger charge is -2.08. The summed E-state index contributed by atoms with van der Waals surface area (Å²) in [4.78, 5) is 24.1. The Morgan fingerprint density at radius 2 is 1.75 bits per heavy atom. The van der Waals surface area contributed by atoms with Gasteiger partial charge in [0.25, 0.3) is 5.91 Å². The highest BCUT2D eigenvalue weighted by molar-refractivity contribution is 6.37. The maximum atomic E-state index is 12.3. The zero-order chi connectivity index (χ0) is 20.5. The molecule has 2 aromatic carbocycles. The van der Waals surface area contributed by atoms with Gasteiger partial charge in [0, 0.05) is 17.1 Å². The van der Waals surface area contributed by atoms with E-state index in [-0.39, 0.29) is 11.8 Å². The molecule has 2 amide bonds. The number of unbranched alkanes of at least 4 members (excludes halogenated alkanes) is 2. The maximum Gasteiger partial charge on any atom is 0.257 e. The van der Waals surface area contributed by atoms with Crippen molar-refractivity contribution in [1.82, 2.24) is 5.43 Å². The Labute approximate surface area is 175 Å². The average Bonchev–Trinajstić information content (AvgIpc) is 2.66. The van der Waals surface area contributed by atoms with Gasteiger partial charge in [-0.15, -0.1) is 0 Å². The number of halogens is 2. The molecule has 0 spiro atoms. The van der Waals surface area contributed by atoms with Crippen LogP contribution in [0.25, 0.3) is 0 Å². The van der Waals surface area contributed by atoms with E-state index in [0.29, 0.717) is 33.4 Å². The molecule has 0 bridgehead atoms. The van der Waals surface area contributed by atoms with Crippen LogP contribution in [0.3, 0.4) is 0 Å². The third-order valence-electron chi connectivity index (χ3n) is 4.09. The van der Waals surface area contributed by atoms with Gasteiger partial charge in [-0.1, -0.05) is 55.1 Å². The minimum absolute atomic E-state index is 0.0865. The summed E-state index contributed by atoms with van der Waals surface area (Å²) in [6.45, 7) is 3.91. The zero-order valence-electron chi connectivity index (χ0n) is 15.9. The van der Waals surface area contributed by atoms with E-state index in [2.05, 4.69) is 22.8 Å². The molecule has 0 aliphatic rings. The second-order valence-corrected chi connectivity index (χ2v) is 7.19. The zero-order valence-corrected chi connectivity index (χ0v) is 17.4. The first-order valence-electron chi connectivity index (χ1n) is 9.10. The Bertz CT molecular complexity index is 864. The Morgan fingerprint density at radius 1 is 1.04 bits per heavy atom. The molecule has 0 saturated carbocycles. The van der Waals surface area contributed by atoms with Crippen molar-refractivity contribution >= 4 is 46.4 Å². The summed E-state index contributed by atoms with van der Waals surface area (Å²) >= 11 is 11.9. The van der Waals surface area contributed by atoms with Crippen molar-refractivity contribution in [1.29, 1.82) is 0 Å². The van der Waals surface area contributed by atoms with Gasteiger partial charge in [0.1, 0.15) is 0 Å². The average molecular weight is 420 g/mol. The molecule has 0 saturated heterocycles. The number of hydrazone groups is 1. The summed E-state index contributed by atoms with van der Waals surface area (Å²) in [6.07, 6.45) is 3.44. The minimum atomic E-state index is -0.320. The predicted octanol–water partition coefficient (Wildman–Crippen LogP) is 5.67. The predicted molar refractivity (Wildman–Crippen MR) is 115 cm³/mol. The van der Waals surface area contributed by atoms with Crippen LogP contribution >= 0.6 is 23.2 Å². The molecule has 2 aromatic rings. The second-order valence-electron chi connectivity index (χ2n) is 6.34. The fraction of sp³-hybridized carbons (Fsp3) is 0.286. The van der Waals surface area contributed by atoms with Crippen molar-refractivity contribution in [3.8, 4) is 0 Å². The van der Waals surface area contributed by atoms with E-state index in [9.17, 15) is 9.59 Å². The highest BCUT2D eigenvalue weighted by Gasteiger charge is 2.11. The summed E-state index contributed by atoms with van der Waals surface area (Å²) in [5, 5.41) is 7.68. The summed E-state index contributed by atoms with van der Waals surface area (Å²) in [6, 6.07) is 11.9. The molecule has 2 rings (SSSR count). The summed E-state index contributed by atoms with van der Waals surface area (Å²) in [5.41, 5.74) is 5.07. The van der Waals surface area contributed by atoms with Gasteiger partial charge in [0.05, 0.1) is 16.3 Å². The van der Waals surface area contributed by atoms with Crippen LogP contribution in [0.2, 0.25) is 10.0 Å². The monoisotopic (exact) mass is 419 g/mol. The molecule has 0 aromatic heterocycles. The lowest BCUT2D eigenvalue weighted by molar-refractivity contribution is -0.121. The molecule has 0 fully saturated rings. The van der Waals surface area contributed by atoms with Crippen molar-refractivity contribution in [2.45, 2.75) is 39.5 Å². The summed E-state index contributed by atoms with van der Waals surface area (Å²) < 4.78 is 0. The third-order valence-corrected chi connectivity index (χ3v) is 4.64. The van der Waals surface area contributed by atoms with E-state index < -0.39 is 0 Å². The molecule has 148 valence electrons. The molecule has 7 heteroatoms. The van der Waals surface area contributed by atoms with Crippen molar-refractivity contribution in [3.63, 3.8) is 0 Å². The fourth-order valence-corrected chi connectivity index (χ4v) is 2.96. The van der Waals surface area contributed by atoms with Gasteiger partial charge in [0.2, 0.25) is 5.91 Å². The lowest BCUT2D eigenvalue weighted by Crippen LogP contribution is -2.18. The number of rotatable bonds is 8. The van der Waals surface area contributed by atoms with Gasteiger partial charge in [0.15, 0.2) is 0 Å². The van der Waals surface area contributed by atoms with E-state index >= 15 is 0 Å². The molecule has 28 heavy (non-hydrogen) atoms. The first kappa shape index (κ1) is 21.9. The number of carbonyl (C=O) groups excluding carboxylic acids is 2. The molecule has 0 aliphatic carbocycles. The van der Waals surface area contributed by atoms with Crippen molar-refractivity contribution in [3.05, 3.63) is 63.6 Å². The number of benzene rings is 2. The maximum absolute atomic E-state index is 12.3. The van der Waals surface area contributed by atoms with E-state index in [1.807, 2.05) is 19.1 Å². The highest BCUT2D eigenvalue weighted by atomic mass is 35.5. The van der Waals surface area contributed by atoms with E-state index in [1.54, 1.807) is 24.3 Å². The molecule has 0 aliphatic heterocycles. The fourth-order valence-electron chi connectivity index (χ4n) is 2.47. The Morgan fingerprint density at radius 3 is 2.39 bits per heavy atom. The number of nitrogens with one attached hydrogen (secondary N) is 2. The van der Waals surface area contributed by atoms with Gasteiger partial charge in [-0.2, -0.15) is 5.10 Å². The number of hydrogen-bond acceptors (Lipinski definition) is 3. The van der Waals surface area contributed by atoms with Crippen LogP contribution in [0.15, 0.2) is 47.6 Å². The van der Waals surface area contributed by atoms with Crippen LogP contribution in [0.4, 0.5) is 5.69 Å². The van der Waals surface area contributed by atoms with Crippen LogP contribution in [0.5, 0.6) is 0 Å². The van der Waals surface area contributed by atoms with Crippen molar-refractivity contribution < 1.29 is 9.59 Å². The first-order valence-corrected chi connectivity index (χ1v) is 9.86. The van der Waals surface area contributed by atoms with Crippen LogP contribution < -0.4 is 10.7 Å². The molecule has 2 N–H and O–H groups in total. The van der Waals surface area contributed by atoms with Gasteiger partial charge in [-0.3, -0.25) is 9.59 Å². The molecular formula is C21H23Cl2N3O2. The number of hydrogen-bond donors (Lipinski definition) is 2. The van der Waals surface area contributed by atoms with Gasteiger partial charge in [-0.05, 0) is 49.2 Å². The van der Waals surface area contributed by atoms with Crippen LogP contribution in [-0.4, -0.2) is 17.5 Å². The van der Waals surface area contributed by atoms with Crippen LogP contribution in [-0.2, 0) is 4.79 Å². The smallest absolute Gasteiger partial charge is 0.257 e. The topological polar surface area (TPSA) is 70.6 Å². The minimum Gasteiger partial charge on any atom is -0.322 e. The highest BCUT2D eigenvalue weighted by Crippen LogP contribution is 2.22. The SMILES string of the molecule is CCCCCC(=O)N/N=C(/C)c1ccc(NC(=O)c2ccc(Cl)cc2Cl)cc1. The number of nitrogens with zero attached hydrogens (tertiary/aromatic N) is 1.